The fourth-order valence-corrected chi connectivity index (χ4v) is 3.38. The normalized spacial score (nSPS) is 12.5. The Morgan fingerprint density at radius 3 is 2.73 bits per heavy atom. The van der Waals surface area contributed by atoms with E-state index in [-0.39, 0.29) is 0 Å². The molecular weight excluding hydrogens is 374 g/mol. The van der Waals surface area contributed by atoms with Gasteiger partial charge in [0.1, 0.15) is 13.2 Å². The second-order valence-corrected chi connectivity index (χ2v) is 6.72. The Bertz CT molecular complexity index is 960. The van der Waals surface area contributed by atoms with Crippen LogP contribution in [0.1, 0.15) is 0 Å². The van der Waals surface area contributed by atoms with Gasteiger partial charge in [-0.25, -0.2) is 9.78 Å². The van der Waals surface area contributed by atoms with Gasteiger partial charge in [0.15, 0.2) is 16.6 Å². The number of amides is 2. The van der Waals surface area contributed by atoms with Crippen molar-refractivity contribution in [1.82, 2.24) is 4.98 Å². The second kappa shape index (κ2) is 7.23. The molecule has 1 aliphatic heterocycles. The molecule has 0 saturated carbocycles. The average molecular weight is 388 g/mol. The van der Waals surface area contributed by atoms with Crippen molar-refractivity contribution in [2.45, 2.75) is 0 Å². The minimum Gasteiger partial charge on any atom is -0.486 e. The number of carbonyl (C=O) groups excluding carboxylic acids is 1. The molecular formula is C18H14ClN3O3S. The Balaban J connectivity index is 1.46. The van der Waals surface area contributed by atoms with Crippen LogP contribution in [0.3, 0.4) is 0 Å². The molecule has 1 aliphatic rings. The predicted molar refractivity (Wildman–Crippen MR) is 103 cm³/mol. The summed E-state index contributed by atoms with van der Waals surface area (Å²) in [4.78, 5) is 16.6. The number of anilines is 2. The van der Waals surface area contributed by atoms with Crippen molar-refractivity contribution < 1.29 is 14.3 Å². The van der Waals surface area contributed by atoms with Gasteiger partial charge in [-0.05, 0) is 30.3 Å². The summed E-state index contributed by atoms with van der Waals surface area (Å²) in [6, 6.07) is 12.3. The summed E-state index contributed by atoms with van der Waals surface area (Å²) in [6.07, 6.45) is 0. The molecule has 2 aromatic carbocycles. The molecule has 2 N–H and O–H groups in total. The third-order valence-corrected chi connectivity index (χ3v) is 4.77. The van der Waals surface area contributed by atoms with E-state index in [2.05, 4.69) is 15.6 Å². The van der Waals surface area contributed by atoms with Gasteiger partial charge in [-0.15, -0.1) is 11.3 Å². The highest BCUT2D eigenvalue weighted by atomic mass is 35.5. The van der Waals surface area contributed by atoms with Gasteiger partial charge >= 0.3 is 6.03 Å². The lowest BCUT2D eigenvalue weighted by atomic mass is 10.1. The first-order valence-corrected chi connectivity index (χ1v) is 9.13. The van der Waals surface area contributed by atoms with Gasteiger partial charge in [0.25, 0.3) is 0 Å². The Morgan fingerprint density at radius 1 is 1.08 bits per heavy atom. The van der Waals surface area contributed by atoms with Crippen molar-refractivity contribution >= 4 is 39.8 Å². The molecule has 0 unspecified atom stereocenters. The molecule has 0 bridgehead atoms. The third-order valence-electron chi connectivity index (χ3n) is 3.68. The maximum Gasteiger partial charge on any atom is 0.325 e. The first-order chi connectivity index (χ1) is 12.7. The number of benzene rings is 2. The highest BCUT2D eigenvalue weighted by molar-refractivity contribution is 7.14. The molecule has 6 nitrogen and oxygen atoms in total. The summed E-state index contributed by atoms with van der Waals surface area (Å²) in [5.74, 6) is 1.43. The van der Waals surface area contributed by atoms with Crippen LogP contribution in [0.15, 0.2) is 47.8 Å². The minimum absolute atomic E-state index is 0.402. The summed E-state index contributed by atoms with van der Waals surface area (Å²) in [7, 11) is 0. The van der Waals surface area contributed by atoms with Crippen LogP contribution >= 0.6 is 22.9 Å². The maximum absolute atomic E-state index is 12.1. The van der Waals surface area contributed by atoms with Crippen LogP contribution in [-0.4, -0.2) is 24.2 Å². The van der Waals surface area contributed by atoms with Gasteiger partial charge in [0.05, 0.1) is 16.4 Å². The van der Waals surface area contributed by atoms with Crippen LogP contribution in [0.2, 0.25) is 5.02 Å². The zero-order chi connectivity index (χ0) is 17.9. The fourth-order valence-electron chi connectivity index (χ4n) is 2.48. The Hall–Kier alpha value is -2.77. The summed E-state index contributed by atoms with van der Waals surface area (Å²) >= 11 is 7.37. The largest absolute Gasteiger partial charge is 0.486 e. The number of hydrogen-bond acceptors (Lipinski definition) is 5. The summed E-state index contributed by atoms with van der Waals surface area (Å²) < 4.78 is 11.1. The van der Waals surface area contributed by atoms with Gasteiger partial charge in [0, 0.05) is 10.9 Å². The number of hydrogen-bond donors (Lipinski definition) is 2. The highest BCUT2D eigenvalue weighted by Gasteiger charge is 2.14. The van der Waals surface area contributed by atoms with Crippen LogP contribution in [0.4, 0.5) is 15.6 Å². The van der Waals surface area contributed by atoms with E-state index >= 15 is 0 Å². The van der Waals surface area contributed by atoms with E-state index in [9.17, 15) is 4.79 Å². The standard InChI is InChI=1S/C18H14ClN3O3S/c19-12-3-1-2-4-13(12)20-17(23)22-18-21-14(10-26-18)11-5-6-15-16(9-11)25-8-7-24-15/h1-6,9-10H,7-8H2,(H2,20,21,22,23). The van der Waals surface area contributed by atoms with E-state index in [1.807, 2.05) is 23.6 Å². The number of para-hydroxylation sites is 1. The van der Waals surface area contributed by atoms with E-state index < -0.39 is 6.03 Å². The average Bonchev–Trinajstić information content (AvgIpc) is 3.11. The van der Waals surface area contributed by atoms with Crippen LogP contribution in [0.25, 0.3) is 11.3 Å². The van der Waals surface area contributed by atoms with Gasteiger partial charge < -0.3 is 14.8 Å². The number of rotatable bonds is 3. The quantitative estimate of drug-likeness (QED) is 0.671. The highest BCUT2D eigenvalue weighted by Crippen LogP contribution is 2.35. The van der Waals surface area contributed by atoms with E-state index in [0.29, 0.717) is 34.8 Å². The maximum atomic E-state index is 12.1. The lowest BCUT2D eigenvalue weighted by Crippen LogP contribution is -2.19. The smallest absolute Gasteiger partial charge is 0.325 e. The molecule has 0 fully saturated rings. The van der Waals surface area contributed by atoms with Crippen molar-refractivity contribution in [1.29, 1.82) is 0 Å². The van der Waals surface area contributed by atoms with Crippen LogP contribution in [0, 0.1) is 0 Å². The predicted octanol–water partition coefficient (Wildman–Crippen LogP) is 4.88. The number of nitrogens with zero attached hydrogens (tertiary/aromatic N) is 1. The van der Waals surface area contributed by atoms with Crippen LogP contribution in [-0.2, 0) is 0 Å². The van der Waals surface area contributed by atoms with Crippen molar-refractivity contribution in [2.75, 3.05) is 23.8 Å². The SMILES string of the molecule is O=C(Nc1nc(-c2ccc3c(c2)OCCO3)cs1)Nc1ccccc1Cl. The molecule has 3 aromatic rings. The van der Waals surface area contributed by atoms with Crippen molar-refractivity contribution in [2.24, 2.45) is 0 Å². The van der Waals surface area contributed by atoms with E-state index in [0.717, 1.165) is 17.0 Å². The molecule has 2 heterocycles. The number of carbonyl (C=O) groups is 1. The lowest BCUT2D eigenvalue weighted by molar-refractivity contribution is 0.171. The summed E-state index contributed by atoms with van der Waals surface area (Å²) in [5.41, 5.74) is 2.18. The number of aromatic nitrogens is 1. The first-order valence-electron chi connectivity index (χ1n) is 7.87. The molecule has 0 aliphatic carbocycles. The minimum atomic E-state index is -0.402. The van der Waals surface area contributed by atoms with Gasteiger partial charge in [-0.3, -0.25) is 5.32 Å². The summed E-state index contributed by atoms with van der Waals surface area (Å²) in [5, 5.41) is 8.24. The third kappa shape index (κ3) is 3.58. The Morgan fingerprint density at radius 2 is 1.88 bits per heavy atom. The molecule has 0 saturated heterocycles. The van der Waals surface area contributed by atoms with Crippen LogP contribution in [0.5, 0.6) is 11.5 Å². The molecule has 1 aromatic heterocycles. The second-order valence-electron chi connectivity index (χ2n) is 5.46. The van der Waals surface area contributed by atoms with E-state index in [4.69, 9.17) is 21.1 Å². The molecule has 4 rings (SSSR count). The number of nitrogens with one attached hydrogen (secondary N) is 2. The Labute approximate surface area is 158 Å². The monoisotopic (exact) mass is 387 g/mol. The van der Waals surface area contributed by atoms with E-state index in [1.165, 1.54) is 11.3 Å². The van der Waals surface area contributed by atoms with Crippen LogP contribution < -0.4 is 20.1 Å². The zero-order valence-electron chi connectivity index (χ0n) is 13.5. The van der Waals surface area contributed by atoms with Crippen molar-refractivity contribution in [3.8, 4) is 22.8 Å². The van der Waals surface area contributed by atoms with Crippen molar-refractivity contribution in [3.05, 3.63) is 52.9 Å². The molecule has 0 radical (unpaired) electrons. The van der Waals surface area contributed by atoms with E-state index in [1.54, 1.807) is 24.3 Å². The lowest BCUT2D eigenvalue weighted by Gasteiger charge is -2.18. The molecule has 0 spiro atoms. The number of halogens is 1. The Kier molecular flexibility index (Phi) is 4.64. The fraction of sp³-hybridized carbons (Fsp3) is 0.111. The molecule has 132 valence electrons. The number of fused-ring (bicyclic) bond motifs is 1. The van der Waals surface area contributed by atoms with Crippen molar-refractivity contribution in [3.63, 3.8) is 0 Å². The van der Waals surface area contributed by atoms with Gasteiger partial charge in [0.2, 0.25) is 0 Å². The summed E-state index contributed by atoms with van der Waals surface area (Å²) in [6.45, 7) is 1.08. The van der Waals surface area contributed by atoms with Gasteiger partial charge in [-0.1, -0.05) is 23.7 Å². The number of ether oxygens (including phenoxy) is 2. The molecule has 0 atom stereocenters. The first kappa shape index (κ1) is 16.7. The molecule has 8 heteroatoms. The zero-order valence-corrected chi connectivity index (χ0v) is 15.1. The topological polar surface area (TPSA) is 72.5 Å². The van der Waals surface area contributed by atoms with Gasteiger partial charge in [-0.2, -0.15) is 0 Å². The molecule has 2 amide bonds. The molecule has 26 heavy (non-hydrogen) atoms. The number of urea groups is 1. The number of thiazole rings is 1.